The van der Waals surface area contributed by atoms with Gasteiger partial charge in [0, 0.05) is 13.0 Å². The van der Waals surface area contributed by atoms with Gasteiger partial charge in [-0.2, -0.15) is 0 Å². The molecule has 10 heteroatoms. The predicted molar refractivity (Wildman–Crippen MR) is 127 cm³/mol. The summed E-state index contributed by atoms with van der Waals surface area (Å²) in [5, 5.41) is 15.9. The van der Waals surface area contributed by atoms with E-state index < -0.39 is 53.2 Å². The smallest absolute Gasteiger partial charge is 0.408 e. The first-order valence-corrected chi connectivity index (χ1v) is 12.9. The van der Waals surface area contributed by atoms with E-state index in [1.165, 1.54) is 4.90 Å². The van der Waals surface area contributed by atoms with Gasteiger partial charge in [-0.05, 0) is 52.9 Å². The average Bonchev–Trinajstić information content (AvgIpc) is 3.30. The number of fused-ring (bicyclic) bond motifs is 2. The van der Waals surface area contributed by atoms with Gasteiger partial charge in [0.25, 0.3) is 0 Å². The van der Waals surface area contributed by atoms with Crippen LogP contribution in [0.1, 0.15) is 85.5 Å². The number of amides is 3. The van der Waals surface area contributed by atoms with Gasteiger partial charge in [0.15, 0.2) is 0 Å². The number of nitrogens with one attached hydrogen (secondary N) is 2. The van der Waals surface area contributed by atoms with Crippen molar-refractivity contribution in [1.82, 2.24) is 15.5 Å². The van der Waals surface area contributed by atoms with Crippen LogP contribution in [0.4, 0.5) is 4.79 Å². The summed E-state index contributed by atoms with van der Waals surface area (Å²) in [6.45, 7) is 7.16. The van der Waals surface area contributed by atoms with Crippen LogP contribution in [0, 0.1) is 5.92 Å². The van der Waals surface area contributed by atoms with Gasteiger partial charge in [0.2, 0.25) is 11.8 Å². The quantitative estimate of drug-likeness (QED) is 0.510. The summed E-state index contributed by atoms with van der Waals surface area (Å²) >= 11 is 0. The molecule has 3 amide bonds. The second kappa shape index (κ2) is 11.1. The lowest BCUT2D eigenvalue weighted by Gasteiger charge is -2.30. The molecule has 1 saturated carbocycles. The van der Waals surface area contributed by atoms with Gasteiger partial charge in [-0.1, -0.05) is 32.1 Å². The Hall–Kier alpha value is -2.36. The lowest BCUT2D eigenvalue weighted by molar-refractivity contribution is -0.150. The zero-order valence-electron chi connectivity index (χ0n) is 21.4. The largest absolute Gasteiger partial charge is 0.464 e. The fourth-order valence-electron chi connectivity index (χ4n) is 5.18. The molecule has 3 aliphatic rings. The Kier molecular flexibility index (Phi) is 8.67. The summed E-state index contributed by atoms with van der Waals surface area (Å²) in [5.41, 5.74) is -1.79. The Labute approximate surface area is 207 Å². The maximum Gasteiger partial charge on any atom is 0.408 e. The number of hydrogen-bond acceptors (Lipinski definition) is 7. The number of hydrogen-bond donors (Lipinski definition) is 3. The average molecular weight is 496 g/mol. The van der Waals surface area contributed by atoms with Crippen LogP contribution in [0.25, 0.3) is 0 Å². The maximum atomic E-state index is 13.5. The first kappa shape index (κ1) is 27.2. The SMILES string of the molecule is CCOC(=O)C12CC1CCCCCCCC(NC(=O)OC(C)(C)C)C(=O)N1CC(O)CC1C(=O)N2. The molecule has 35 heavy (non-hydrogen) atoms. The number of aliphatic hydroxyl groups excluding tert-OH is 1. The molecule has 3 rings (SSSR count). The number of carbonyl (C=O) groups is 4. The minimum atomic E-state index is -1.07. The Morgan fingerprint density at radius 3 is 2.46 bits per heavy atom. The van der Waals surface area contributed by atoms with Crippen molar-refractivity contribution < 1.29 is 33.8 Å². The van der Waals surface area contributed by atoms with Crippen LogP contribution in [0.3, 0.4) is 0 Å². The number of aliphatic hydroxyl groups is 1. The molecule has 0 aromatic carbocycles. The van der Waals surface area contributed by atoms with Crippen LogP contribution in [0.15, 0.2) is 0 Å². The highest BCUT2D eigenvalue weighted by molar-refractivity contribution is 5.96. The summed E-state index contributed by atoms with van der Waals surface area (Å²) in [6.07, 6.45) is 4.78. The van der Waals surface area contributed by atoms with Crippen molar-refractivity contribution in [3.8, 4) is 0 Å². The molecule has 3 fully saturated rings. The van der Waals surface area contributed by atoms with Crippen molar-refractivity contribution in [3.05, 3.63) is 0 Å². The van der Waals surface area contributed by atoms with E-state index in [2.05, 4.69) is 10.6 Å². The molecule has 10 nitrogen and oxygen atoms in total. The summed E-state index contributed by atoms with van der Waals surface area (Å²) < 4.78 is 10.6. The Balaban J connectivity index is 1.82. The van der Waals surface area contributed by atoms with E-state index in [0.29, 0.717) is 12.8 Å². The van der Waals surface area contributed by atoms with Crippen molar-refractivity contribution in [2.24, 2.45) is 5.92 Å². The van der Waals surface area contributed by atoms with Crippen LogP contribution >= 0.6 is 0 Å². The predicted octanol–water partition coefficient (Wildman–Crippen LogP) is 2.02. The molecule has 5 atom stereocenters. The van der Waals surface area contributed by atoms with E-state index in [9.17, 15) is 24.3 Å². The lowest BCUT2D eigenvalue weighted by atomic mass is 10.0. The number of rotatable bonds is 3. The van der Waals surface area contributed by atoms with E-state index in [4.69, 9.17) is 9.47 Å². The van der Waals surface area contributed by atoms with E-state index in [-0.39, 0.29) is 25.5 Å². The summed E-state index contributed by atoms with van der Waals surface area (Å²) in [7, 11) is 0. The van der Waals surface area contributed by atoms with Gasteiger partial charge in [-0.15, -0.1) is 0 Å². The zero-order chi connectivity index (χ0) is 25.8. The van der Waals surface area contributed by atoms with E-state index in [1.807, 2.05) is 0 Å². The Morgan fingerprint density at radius 2 is 1.80 bits per heavy atom. The zero-order valence-corrected chi connectivity index (χ0v) is 21.4. The normalized spacial score (nSPS) is 32.3. The molecule has 2 heterocycles. The minimum absolute atomic E-state index is 0.00712. The number of nitrogens with zero attached hydrogens (tertiary/aromatic N) is 1. The monoisotopic (exact) mass is 495 g/mol. The highest BCUT2D eigenvalue weighted by Crippen LogP contribution is 2.48. The topological polar surface area (TPSA) is 134 Å². The van der Waals surface area contributed by atoms with Crippen LogP contribution in [0.2, 0.25) is 0 Å². The van der Waals surface area contributed by atoms with Gasteiger partial charge < -0.3 is 30.1 Å². The van der Waals surface area contributed by atoms with Crippen molar-refractivity contribution in [2.45, 2.75) is 115 Å². The maximum absolute atomic E-state index is 13.5. The van der Waals surface area contributed by atoms with Gasteiger partial charge in [0.1, 0.15) is 23.2 Å². The third-order valence-corrected chi connectivity index (χ3v) is 6.99. The molecule has 0 spiro atoms. The van der Waals surface area contributed by atoms with Crippen molar-refractivity contribution in [1.29, 1.82) is 0 Å². The third-order valence-electron chi connectivity index (χ3n) is 6.99. The van der Waals surface area contributed by atoms with Crippen LogP contribution in [-0.2, 0) is 23.9 Å². The second-order valence-electron chi connectivity index (χ2n) is 11.0. The summed E-state index contributed by atoms with van der Waals surface area (Å²) in [4.78, 5) is 53.5. The molecule has 3 N–H and O–H groups in total. The molecular formula is C25H41N3O7. The van der Waals surface area contributed by atoms with Crippen LogP contribution in [-0.4, -0.2) is 76.4 Å². The molecule has 0 aromatic rings. The molecule has 1 aliphatic carbocycles. The summed E-state index contributed by atoms with van der Waals surface area (Å²) in [5.74, 6) is -1.34. The Morgan fingerprint density at radius 1 is 1.14 bits per heavy atom. The van der Waals surface area contributed by atoms with E-state index in [0.717, 1.165) is 38.5 Å². The molecule has 0 aromatic heterocycles. The van der Waals surface area contributed by atoms with Crippen molar-refractivity contribution >= 4 is 23.9 Å². The van der Waals surface area contributed by atoms with Gasteiger partial charge in [-0.25, -0.2) is 9.59 Å². The molecule has 5 unspecified atom stereocenters. The molecule has 2 aliphatic heterocycles. The fourth-order valence-corrected chi connectivity index (χ4v) is 5.18. The van der Waals surface area contributed by atoms with E-state index in [1.54, 1.807) is 27.7 Å². The van der Waals surface area contributed by atoms with Crippen LogP contribution in [0.5, 0.6) is 0 Å². The molecule has 0 radical (unpaired) electrons. The van der Waals surface area contributed by atoms with Crippen molar-refractivity contribution in [3.63, 3.8) is 0 Å². The van der Waals surface area contributed by atoms with Crippen LogP contribution < -0.4 is 10.6 Å². The van der Waals surface area contributed by atoms with Gasteiger partial charge in [0.05, 0.1) is 12.7 Å². The highest BCUT2D eigenvalue weighted by atomic mass is 16.6. The van der Waals surface area contributed by atoms with Gasteiger partial charge >= 0.3 is 12.1 Å². The minimum Gasteiger partial charge on any atom is -0.464 e. The Bertz CT molecular complexity index is 811. The number of ether oxygens (including phenoxy) is 2. The molecule has 198 valence electrons. The number of esters is 1. The number of alkyl carbamates (subject to hydrolysis) is 1. The highest BCUT2D eigenvalue weighted by Gasteiger charge is 2.62. The van der Waals surface area contributed by atoms with Crippen molar-refractivity contribution in [2.75, 3.05) is 13.2 Å². The first-order chi connectivity index (χ1) is 16.5. The molecule has 0 bridgehead atoms. The summed E-state index contributed by atoms with van der Waals surface area (Å²) in [6, 6.07) is -1.80. The lowest BCUT2D eigenvalue weighted by Crippen LogP contribution is -2.56. The standard InChI is InChI=1S/C25H41N3O7/c1-5-34-22(32)25-14-16(25)11-9-7-6-8-10-12-18(26-23(33)35-24(2,3)4)21(31)28-15-17(29)13-19(28)20(30)27-25/h16-19,29H,5-15H2,1-4H3,(H,26,33)(H,27,30). The fraction of sp³-hybridized carbons (Fsp3) is 0.840. The number of carbonyl (C=O) groups excluding carboxylic acids is 4. The first-order valence-electron chi connectivity index (χ1n) is 12.9. The molecule has 2 saturated heterocycles. The molecular weight excluding hydrogens is 454 g/mol. The third kappa shape index (κ3) is 6.86. The van der Waals surface area contributed by atoms with Gasteiger partial charge in [-0.3, -0.25) is 9.59 Å². The second-order valence-corrected chi connectivity index (χ2v) is 11.0. The van der Waals surface area contributed by atoms with E-state index >= 15 is 0 Å².